The summed E-state index contributed by atoms with van der Waals surface area (Å²) in [6.07, 6.45) is 2.45. The lowest BCUT2D eigenvalue weighted by atomic mass is 9.87. The second-order valence-corrected chi connectivity index (χ2v) is 6.78. The van der Waals surface area contributed by atoms with E-state index in [2.05, 4.69) is 42.9 Å². The molecule has 1 unspecified atom stereocenters. The van der Waals surface area contributed by atoms with Gasteiger partial charge >= 0.3 is 0 Å². The summed E-state index contributed by atoms with van der Waals surface area (Å²) in [5.74, 6) is 1.08. The van der Waals surface area contributed by atoms with Crippen LogP contribution in [0.3, 0.4) is 0 Å². The molecule has 2 fully saturated rings. The highest BCUT2D eigenvalue weighted by molar-refractivity contribution is 5.80. The average molecular weight is 296 g/mol. The Morgan fingerprint density at radius 2 is 2.24 bits per heavy atom. The van der Waals surface area contributed by atoms with Crippen molar-refractivity contribution in [1.82, 2.24) is 15.1 Å². The van der Waals surface area contributed by atoms with Crippen molar-refractivity contribution in [3.8, 4) is 0 Å². The number of likely N-dealkylation sites (tertiary alicyclic amines) is 1. The van der Waals surface area contributed by atoms with Gasteiger partial charge in [-0.1, -0.05) is 0 Å². The second kappa shape index (κ2) is 7.45. The highest BCUT2D eigenvalue weighted by Gasteiger charge is 2.42. The number of nitrogens with one attached hydrogen (secondary N) is 1. The zero-order chi connectivity index (χ0) is 15.3. The van der Waals surface area contributed by atoms with Gasteiger partial charge in [0.2, 0.25) is 0 Å². The summed E-state index contributed by atoms with van der Waals surface area (Å²) in [5, 5.41) is 3.45. The van der Waals surface area contributed by atoms with Gasteiger partial charge in [0.25, 0.3) is 0 Å². The summed E-state index contributed by atoms with van der Waals surface area (Å²) in [6, 6.07) is 0.577. The largest absolute Gasteiger partial charge is 0.381 e. The molecular weight excluding hydrogens is 264 g/mol. The topological polar surface area (TPSA) is 40.1 Å². The molecule has 21 heavy (non-hydrogen) atoms. The molecule has 5 nitrogen and oxygen atoms in total. The van der Waals surface area contributed by atoms with Crippen LogP contribution in [0.5, 0.6) is 0 Å². The lowest BCUT2D eigenvalue weighted by Crippen LogP contribution is -2.42. The third kappa shape index (κ3) is 4.33. The number of hydrogen-bond donors (Lipinski definition) is 1. The Balaban J connectivity index is 1.89. The van der Waals surface area contributed by atoms with Crippen LogP contribution >= 0.6 is 0 Å². The highest BCUT2D eigenvalue weighted by atomic mass is 16.5. The summed E-state index contributed by atoms with van der Waals surface area (Å²) in [7, 11) is 2.16. The Morgan fingerprint density at radius 1 is 1.43 bits per heavy atom. The van der Waals surface area contributed by atoms with E-state index >= 15 is 0 Å². The number of ether oxygens (including phenoxy) is 1. The molecular formula is C16H32N4O. The van der Waals surface area contributed by atoms with E-state index in [1.165, 1.54) is 12.8 Å². The summed E-state index contributed by atoms with van der Waals surface area (Å²) < 4.78 is 5.62. The van der Waals surface area contributed by atoms with Crippen LogP contribution < -0.4 is 5.32 Å². The fourth-order valence-corrected chi connectivity index (χ4v) is 3.08. The zero-order valence-corrected chi connectivity index (χ0v) is 14.2. The Labute approximate surface area is 129 Å². The first-order chi connectivity index (χ1) is 10.1. The summed E-state index contributed by atoms with van der Waals surface area (Å²) in [4.78, 5) is 9.58. The minimum atomic E-state index is 0.394. The Bertz CT molecular complexity index is 350. The van der Waals surface area contributed by atoms with Gasteiger partial charge in [-0.25, -0.2) is 0 Å². The van der Waals surface area contributed by atoms with Crippen molar-refractivity contribution < 1.29 is 4.74 Å². The molecule has 2 heterocycles. The SMILES string of the molecule is CCNC(=NCCN(C)C(C)C)N1CCC2(CCOC2)C1. The summed E-state index contributed by atoms with van der Waals surface area (Å²) in [6.45, 7) is 13.4. The van der Waals surface area contributed by atoms with E-state index in [0.29, 0.717) is 11.5 Å². The quantitative estimate of drug-likeness (QED) is 0.615. The molecule has 0 aromatic rings. The minimum Gasteiger partial charge on any atom is -0.381 e. The van der Waals surface area contributed by atoms with E-state index in [-0.39, 0.29) is 0 Å². The van der Waals surface area contributed by atoms with Gasteiger partial charge in [0.05, 0.1) is 13.2 Å². The first-order valence-electron chi connectivity index (χ1n) is 8.37. The number of nitrogens with zero attached hydrogens (tertiary/aromatic N) is 3. The van der Waals surface area contributed by atoms with E-state index in [1.807, 2.05) is 0 Å². The Morgan fingerprint density at radius 3 is 2.86 bits per heavy atom. The predicted molar refractivity (Wildman–Crippen MR) is 87.8 cm³/mol. The molecule has 2 saturated heterocycles. The van der Waals surface area contributed by atoms with Gasteiger partial charge < -0.3 is 19.9 Å². The smallest absolute Gasteiger partial charge is 0.193 e. The van der Waals surface area contributed by atoms with Crippen molar-refractivity contribution in [2.45, 2.75) is 39.7 Å². The third-order valence-electron chi connectivity index (χ3n) is 4.85. The van der Waals surface area contributed by atoms with Crippen molar-refractivity contribution in [3.05, 3.63) is 0 Å². The van der Waals surface area contributed by atoms with Crippen molar-refractivity contribution >= 4 is 5.96 Å². The van der Waals surface area contributed by atoms with Gasteiger partial charge in [-0.3, -0.25) is 4.99 Å². The van der Waals surface area contributed by atoms with Crippen LogP contribution in [0.4, 0.5) is 0 Å². The Kier molecular flexibility index (Phi) is 5.88. The zero-order valence-electron chi connectivity index (χ0n) is 14.2. The molecule has 0 aliphatic carbocycles. The Hall–Kier alpha value is -0.810. The lowest BCUT2D eigenvalue weighted by molar-refractivity contribution is 0.156. The fraction of sp³-hybridized carbons (Fsp3) is 0.938. The molecule has 2 rings (SSSR count). The van der Waals surface area contributed by atoms with Crippen LogP contribution in [-0.4, -0.2) is 74.8 Å². The van der Waals surface area contributed by atoms with Crippen molar-refractivity contribution in [1.29, 1.82) is 0 Å². The first kappa shape index (κ1) is 16.6. The highest BCUT2D eigenvalue weighted by Crippen LogP contribution is 2.38. The van der Waals surface area contributed by atoms with Crippen LogP contribution in [0, 0.1) is 5.41 Å². The van der Waals surface area contributed by atoms with Gasteiger partial charge in [0, 0.05) is 44.2 Å². The second-order valence-electron chi connectivity index (χ2n) is 6.78. The maximum absolute atomic E-state index is 5.62. The van der Waals surface area contributed by atoms with E-state index < -0.39 is 0 Å². The normalized spacial score (nSPS) is 26.6. The average Bonchev–Trinajstić information content (AvgIpc) is 3.08. The lowest BCUT2D eigenvalue weighted by Gasteiger charge is -2.25. The summed E-state index contributed by atoms with van der Waals surface area (Å²) in [5.41, 5.74) is 0.394. The van der Waals surface area contributed by atoms with E-state index in [1.54, 1.807) is 0 Å². The molecule has 2 aliphatic rings. The third-order valence-corrected chi connectivity index (χ3v) is 4.85. The van der Waals surface area contributed by atoms with Crippen molar-refractivity contribution in [2.75, 3.05) is 53.0 Å². The van der Waals surface area contributed by atoms with Crippen LogP contribution in [-0.2, 0) is 4.74 Å². The molecule has 0 saturated carbocycles. The maximum Gasteiger partial charge on any atom is 0.193 e. The minimum absolute atomic E-state index is 0.394. The maximum atomic E-state index is 5.62. The number of hydrogen-bond acceptors (Lipinski definition) is 3. The predicted octanol–water partition coefficient (Wildman–Crippen LogP) is 1.40. The molecule has 0 radical (unpaired) electrons. The van der Waals surface area contributed by atoms with Gasteiger partial charge in [0.15, 0.2) is 5.96 Å². The first-order valence-corrected chi connectivity index (χ1v) is 8.37. The molecule has 0 aromatic carbocycles. The van der Waals surface area contributed by atoms with Crippen LogP contribution in [0.1, 0.15) is 33.6 Å². The number of likely N-dealkylation sites (N-methyl/N-ethyl adjacent to an activating group) is 1. The molecule has 0 aromatic heterocycles. The monoisotopic (exact) mass is 296 g/mol. The van der Waals surface area contributed by atoms with Gasteiger partial charge in [-0.15, -0.1) is 0 Å². The molecule has 1 atom stereocenters. The fourth-order valence-electron chi connectivity index (χ4n) is 3.08. The molecule has 0 amide bonds. The van der Waals surface area contributed by atoms with E-state index in [4.69, 9.17) is 9.73 Å². The van der Waals surface area contributed by atoms with E-state index in [0.717, 1.165) is 51.9 Å². The van der Waals surface area contributed by atoms with Crippen LogP contribution in [0.2, 0.25) is 0 Å². The number of rotatable bonds is 5. The molecule has 1 N–H and O–H groups in total. The molecule has 2 aliphatic heterocycles. The van der Waals surface area contributed by atoms with E-state index in [9.17, 15) is 0 Å². The molecule has 122 valence electrons. The summed E-state index contributed by atoms with van der Waals surface area (Å²) >= 11 is 0. The van der Waals surface area contributed by atoms with Gasteiger partial charge in [-0.2, -0.15) is 0 Å². The number of aliphatic imine (C=N–C) groups is 1. The standard InChI is InChI=1S/C16H32N4O/c1-5-17-15(18-8-10-19(4)14(2)3)20-9-6-16(12-20)7-11-21-13-16/h14H,5-13H2,1-4H3,(H,17,18). The molecule has 0 bridgehead atoms. The number of guanidine groups is 1. The van der Waals surface area contributed by atoms with Gasteiger partial charge in [0.1, 0.15) is 0 Å². The van der Waals surface area contributed by atoms with Crippen molar-refractivity contribution in [3.63, 3.8) is 0 Å². The van der Waals surface area contributed by atoms with Crippen molar-refractivity contribution in [2.24, 2.45) is 10.4 Å². The van der Waals surface area contributed by atoms with Crippen LogP contribution in [0.15, 0.2) is 4.99 Å². The van der Waals surface area contributed by atoms with Crippen LogP contribution in [0.25, 0.3) is 0 Å². The molecule has 5 heteroatoms. The van der Waals surface area contributed by atoms with Gasteiger partial charge in [-0.05, 0) is 40.7 Å². The molecule has 1 spiro atoms.